The van der Waals surface area contributed by atoms with Gasteiger partial charge in [-0.3, -0.25) is 4.98 Å². The molecule has 0 spiro atoms. The largest absolute Gasteiger partial charge is 0.260 e. The average molecular weight is 241 g/mol. The van der Waals surface area contributed by atoms with Gasteiger partial charge in [-0.15, -0.1) is 0 Å². The highest BCUT2D eigenvalue weighted by atomic mass is 14.7. The molecule has 0 aromatic carbocycles. The Kier molecular flexibility index (Phi) is 2.96. The van der Waals surface area contributed by atoms with Crippen molar-refractivity contribution in [3.05, 3.63) is 40.7 Å². The highest BCUT2D eigenvalue weighted by molar-refractivity contribution is 5.72. The number of fused-ring (bicyclic) bond motifs is 1. The van der Waals surface area contributed by atoms with Crippen molar-refractivity contribution in [1.82, 2.24) is 4.98 Å². The van der Waals surface area contributed by atoms with Crippen molar-refractivity contribution >= 4 is 12.2 Å². The van der Waals surface area contributed by atoms with Crippen LogP contribution >= 0.6 is 0 Å². The highest BCUT2D eigenvalue weighted by Gasteiger charge is 2.23. The molecule has 0 fully saturated rings. The van der Waals surface area contributed by atoms with Crippen molar-refractivity contribution in [2.75, 3.05) is 0 Å². The molecule has 0 aliphatic heterocycles. The summed E-state index contributed by atoms with van der Waals surface area (Å²) in [6.07, 6.45) is 11.0. The average Bonchev–Trinajstić information content (AvgIpc) is 2.37. The molecule has 0 unspecified atom stereocenters. The molecule has 1 nitrogen and oxygen atoms in total. The van der Waals surface area contributed by atoms with E-state index in [9.17, 15) is 0 Å². The number of allylic oxidation sites excluding steroid dienone is 2. The number of hydrogen-bond acceptors (Lipinski definition) is 1. The molecule has 0 N–H and O–H groups in total. The number of aryl methyl sites for hydroxylation is 1. The normalized spacial score (nSPS) is 17.4. The van der Waals surface area contributed by atoms with Crippen molar-refractivity contribution < 1.29 is 0 Å². The van der Waals surface area contributed by atoms with E-state index >= 15 is 0 Å². The number of nitrogens with zero attached hydrogens (tertiary/aromatic N) is 1. The molecule has 18 heavy (non-hydrogen) atoms. The predicted octanol–water partition coefficient (Wildman–Crippen LogP) is 4.75. The second kappa shape index (κ2) is 4.08. The Morgan fingerprint density at radius 2 is 1.56 bits per heavy atom. The smallest absolute Gasteiger partial charge is 0.0535 e. The summed E-state index contributed by atoms with van der Waals surface area (Å²) in [6, 6.07) is 0. The minimum absolute atomic E-state index is 0.0739. The van der Waals surface area contributed by atoms with Crippen LogP contribution < -0.4 is 0 Å². The van der Waals surface area contributed by atoms with Crippen LogP contribution in [0.25, 0.3) is 12.2 Å². The van der Waals surface area contributed by atoms with Gasteiger partial charge in [0.25, 0.3) is 0 Å². The summed E-state index contributed by atoms with van der Waals surface area (Å²) >= 11 is 0. The molecule has 0 bridgehead atoms. The highest BCUT2D eigenvalue weighted by Crippen LogP contribution is 2.34. The predicted molar refractivity (Wildman–Crippen MR) is 79.5 cm³/mol. The van der Waals surface area contributed by atoms with E-state index < -0.39 is 0 Å². The summed E-state index contributed by atoms with van der Waals surface area (Å²) in [4.78, 5) is 4.67. The third kappa shape index (κ3) is 2.40. The molecule has 1 aliphatic carbocycles. The Labute approximate surface area is 111 Å². The molecular formula is C17H23N. The first-order valence-electron chi connectivity index (χ1n) is 6.59. The fourth-order valence-corrected chi connectivity index (χ4v) is 2.28. The lowest BCUT2D eigenvalue weighted by molar-refractivity contribution is 0.567. The van der Waals surface area contributed by atoms with Crippen LogP contribution in [0.15, 0.2) is 18.3 Å². The van der Waals surface area contributed by atoms with Gasteiger partial charge in [0.15, 0.2) is 0 Å². The second-order valence-electron chi connectivity index (χ2n) is 6.86. The van der Waals surface area contributed by atoms with E-state index in [4.69, 9.17) is 0 Å². The van der Waals surface area contributed by atoms with Gasteiger partial charge in [0.1, 0.15) is 0 Å². The summed E-state index contributed by atoms with van der Waals surface area (Å²) in [6.45, 7) is 13.3. The molecule has 96 valence electrons. The SMILES string of the molecule is Cc1cnc(C(C)(C)C)c2c1C=CC(C)(C)C=C2. The minimum Gasteiger partial charge on any atom is -0.260 e. The summed E-state index contributed by atoms with van der Waals surface area (Å²) in [5.41, 5.74) is 5.21. The Morgan fingerprint density at radius 1 is 1.00 bits per heavy atom. The van der Waals surface area contributed by atoms with E-state index in [0.29, 0.717) is 0 Å². The molecule has 1 aliphatic rings. The molecule has 1 aromatic heterocycles. The first-order chi connectivity index (χ1) is 8.21. The van der Waals surface area contributed by atoms with Crippen LogP contribution in [0.3, 0.4) is 0 Å². The van der Waals surface area contributed by atoms with Gasteiger partial charge < -0.3 is 0 Å². The lowest BCUT2D eigenvalue weighted by atomic mass is 9.85. The summed E-state index contributed by atoms with van der Waals surface area (Å²) in [5, 5.41) is 0. The second-order valence-corrected chi connectivity index (χ2v) is 6.86. The van der Waals surface area contributed by atoms with E-state index in [1.54, 1.807) is 0 Å². The Hall–Kier alpha value is -1.37. The third-order valence-electron chi connectivity index (χ3n) is 3.43. The molecular weight excluding hydrogens is 218 g/mol. The van der Waals surface area contributed by atoms with Crippen LogP contribution in [0.1, 0.15) is 57.0 Å². The van der Waals surface area contributed by atoms with Gasteiger partial charge in [0, 0.05) is 22.6 Å². The Morgan fingerprint density at radius 3 is 2.11 bits per heavy atom. The zero-order chi connectivity index (χ0) is 13.6. The fraction of sp³-hybridized carbons (Fsp3) is 0.471. The van der Waals surface area contributed by atoms with Gasteiger partial charge in [0.05, 0.1) is 5.69 Å². The Balaban J connectivity index is 2.71. The maximum Gasteiger partial charge on any atom is 0.0535 e. The van der Waals surface area contributed by atoms with Gasteiger partial charge >= 0.3 is 0 Å². The van der Waals surface area contributed by atoms with E-state index in [1.165, 1.54) is 22.4 Å². The molecule has 0 atom stereocenters. The zero-order valence-electron chi connectivity index (χ0n) is 12.3. The van der Waals surface area contributed by atoms with E-state index in [2.05, 4.69) is 70.8 Å². The monoisotopic (exact) mass is 241 g/mol. The van der Waals surface area contributed by atoms with Crippen LogP contribution in [0.2, 0.25) is 0 Å². The zero-order valence-corrected chi connectivity index (χ0v) is 12.3. The van der Waals surface area contributed by atoms with E-state index in [-0.39, 0.29) is 10.8 Å². The first kappa shape index (κ1) is 13.1. The summed E-state index contributed by atoms with van der Waals surface area (Å²) in [7, 11) is 0. The van der Waals surface area contributed by atoms with Crippen molar-refractivity contribution in [2.45, 2.75) is 47.0 Å². The first-order valence-corrected chi connectivity index (χ1v) is 6.59. The van der Waals surface area contributed by atoms with Crippen LogP contribution in [0.4, 0.5) is 0 Å². The van der Waals surface area contributed by atoms with Gasteiger partial charge in [-0.05, 0) is 18.1 Å². The summed E-state index contributed by atoms with van der Waals surface area (Å²) < 4.78 is 0. The topological polar surface area (TPSA) is 12.9 Å². The van der Waals surface area contributed by atoms with Crippen LogP contribution in [0, 0.1) is 12.3 Å². The molecule has 0 radical (unpaired) electrons. The third-order valence-corrected chi connectivity index (χ3v) is 3.43. The molecule has 2 rings (SSSR count). The van der Waals surface area contributed by atoms with Gasteiger partial charge in [-0.2, -0.15) is 0 Å². The molecule has 0 saturated heterocycles. The Bertz CT molecular complexity index is 525. The van der Waals surface area contributed by atoms with Crippen molar-refractivity contribution in [3.63, 3.8) is 0 Å². The van der Waals surface area contributed by atoms with Crippen molar-refractivity contribution in [2.24, 2.45) is 5.41 Å². The van der Waals surface area contributed by atoms with Crippen molar-refractivity contribution in [3.8, 4) is 0 Å². The number of aromatic nitrogens is 1. The lowest BCUT2D eigenvalue weighted by Crippen LogP contribution is -2.16. The molecule has 0 amide bonds. The van der Waals surface area contributed by atoms with Gasteiger partial charge in [-0.1, -0.05) is 58.9 Å². The number of pyridine rings is 1. The van der Waals surface area contributed by atoms with Crippen LogP contribution in [0.5, 0.6) is 0 Å². The minimum atomic E-state index is 0.0739. The molecule has 1 heterocycles. The maximum atomic E-state index is 4.67. The molecule has 1 heteroatoms. The van der Waals surface area contributed by atoms with Gasteiger partial charge in [-0.25, -0.2) is 0 Å². The van der Waals surface area contributed by atoms with E-state index in [0.717, 1.165) is 0 Å². The summed E-state index contributed by atoms with van der Waals surface area (Å²) in [5.74, 6) is 0. The molecule has 1 aromatic rings. The van der Waals surface area contributed by atoms with Crippen molar-refractivity contribution in [1.29, 1.82) is 0 Å². The van der Waals surface area contributed by atoms with E-state index in [1.807, 2.05) is 6.20 Å². The van der Waals surface area contributed by atoms with Gasteiger partial charge in [0.2, 0.25) is 0 Å². The maximum absolute atomic E-state index is 4.67. The lowest BCUT2D eigenvalue weighted by Gasteiger charge is -2.22. The van der Waals surface area contributed by atoms with Crippen LogP contribution in [-0.4, -0.2) is 4.98 Å². The van der Waals surface area contributed by atoms with Crippen LogP contribution in [-0.2, 0) is 5.41 Å². The fourth-order valence-electron chi connectivity index (χ4n) is 2.28. The number of rotatable bonds is 0. The standard InChI is InChI=1S/C17H23N/c1-12-11-18-15(16(2,3)4)14-8-10-17(5,6)9-7-13(12)14/h7-11H,1-6H3. The molecule has 0 saturated carbocycles. The number of hydrogen-bond donors (Lipinski definition) is 0. The quantitative estimate of drug-likeness (QED) is 0.638.